The van der Waals surface area contributed by atoms with Gasteiger partial charge >= 0.3 is 12.1 Å². The molecule has 3 rings (SSSR count). The van der Waals surface area contributed by atoms with Crippen molar-refractivity contribution in [3.8, 4) is 0 Å². The second-order valence-corrected chi connectivity index (χ2v) is 8.38. The van der Waals surface area contributed by atoms with Gasteiger partial charge in [0.25, 0.3) is 0 Å². The molecule has 1 aromatic rings. The molecule has 0 saturated carbocycles. The minimum absolute atomic E-state index is 0.0280. The monoisotopic (exact) mass is 386 g/mol. The van der Waals surface area contributed by atoms with E-state index in [0.717, 1.165) is 38.8 Å². The Morgan fingerprint density at radius 3 is 2.54 bits per heavy atom. The minimum atomic E-state index is 0.0280. The molecule has 2 saturated heterocycles. The molecular formula is C22H34N4O2. The highest BCUT2D eigenvalue weighted by molar-refractivity contribution is 5.76. The normalized spacial score (nSPS) is 19.5. The Morgan fingerprint density at radius 1 is 1.18 bits per heavy atom. The summed E-state index contributed by atoms with van der Waals surface area (Å²) in [5.74, 6) is 0.921. The third kappa shape index (κ3) is 5.40. The first-order chi connectivity index (χ1) is 13.5. The molecule has 28 heavy (non-hydrogen) atoms. The number of urea groups is 2. The first-order valence-corrected chi connectivity index (χ1v) is 10.7. The average Bonchev–Trinajstić information content (AvgIpc) is 2.72. The van der Waals surface area contributed by atoms with Crippen LogP contribution in [0.3, 0.4) is 0 Å². The molecule has 0 radical (unpaired) electrons. The van der Waals surface area contributed by atoms with E-state index in [1.807, 2.05) is 15.9 Å². The molecule has 1 atom stereocenters. The van der Waals surface area contributed by atoms with Crippen LogP contribution in [0.4, 0.5) is 9.59 Å². The van der Waals surface area contributed by atoms with Gasteiger partial charge in [0.15, 0.2) is 0 Å². The molecule has 0 aromatic heterocycles. The van der Waals surface area contributed by atoms with Gasteiger partial charge in [-0.1, -0.05) is 44.2 Å². The molecule has 2 fully saturated rings. The van der Waals surface area contributed by atoms with Gasteiger partial charge in [0.1, 0.15) is 0 Å². The summed E-state index contributed by atoms with van der Waals surface area (Å²) in [7, 11) is 0. The van der Waals surface area contributed by atoms with Crippen molar-refractivity contribution in [1.82, 2.24) is 20.4 Å². The van der Waals surface area contributed by atoms with Crippen molar-refractivity contribution < 1.29 is 9.59 Å². The van der Waals surface area contributed by atoms with Crippen molar-refractivity contribution in [2.45, 2.75) is 45.6 Å². The molecule has 0 aliphatic carbocycles. The molecule has 2 aliphatic heterocycles. The lowest BCUT2D eigenvalue weighted by atomic mass is 9.89. The third-order valence-corrected chi connectivity index (χ3v) is 6.10. The maximum absolute atomic E-state index is 12.6. The van der Waals surface area contributed by atoms with E-state index in [4.69, 9.17) is 0 Å². The van der Waals surface area contributed by atoms with Crippen LogP contribution < -0.4 is 10.6 Å². The Morgan fingerprint density at radius 2 is 1.89 bits per heavy atom. The highest BCUT2D eigenvalue weighted by atomic mass is 16.2. The topological polar surface area (TPSA) is 64.7 Å². The fourth-order valence-corrected chi connectivity index (χ4v) is 4.17. The van der Waals surface area contributed by atoms with E-state index >= 15 is 0 Å². The highest BCUT2D eigenvalue weighted by Crippen LogP contribution is 2.20. The van der Waals surface area contributed by atoms with Crippen molar-refractivity contribution in [2.24, 2.45) is 11.8 Å². The lowest BCUT2D eigenvalue weighted by Gasteiger charge is -2.40. The first-order valence-electron chi connectivity index (χ1n) is 10.7. The molecule has 154 valence electrons. The van der Waals surface area contributed by atoms with Crippen LogP contribution in [0.25, 0.3) is 0 Å². The number of benzene rings is 1. The Kier molecular flexibility index (Phi) is 7.18. The Labute approximate surface area is 168 Å². The van der Waals surface area contributed by atoms with E-state index in [2.05, 4.69) is 48.7 Å². The number of carbonyl (C=O) groups is 2. The molecule has 2 heterocycles. The van der Waals surface area contributed by atoms with E-state index in [-0.39, 0.29) is 18.1 Å². The van der Waals surface area contributed by atoms with Gasteiger partial charge in [0.2, 0.25) is 0 Å². The van der Waals surface area contributed by atoms with Crippen LogP contribution in [0.1, 0.15) is 38.7 Å². The van der Waals surface area contributed by atoms with E-state index < -0.39 is 0 Å². The molecule has 4 amide bonds. The zero-order chi connectivity index (χ0) is 19.9. The number of rotatable bonds is 6. The summed E-state index contributed by atoms with van der Waals surface area (Å²) in [6, 6.07) is 10.8. The van der Waals surface area contributed by atoms with Gasteiger partial charge in [0.05, 0.1) is 0 Å². The fourth-order valence-electron chi connectivity index (χ4n) is 4.17. The summed E-state index contributed by atoms with van der Waals surface area (Å²) in [5, 5.41) is 6.07. The summed E-state index contributed by atoms with van der Waals surface area (Å²) >= 11 is 0. The van der Waals surface area contributed by atoms with Crippen molar-refractivity contribution in [2.75, 3.05) is 32.7 Å². The summed E-state index contributed by atoms with van der Waals surface area (Å²) in [4.78, 5) is 28.5. The Bertz CT molecular complexity index is 641. The van der Waals surface area contributed by atoms with Gasteiger partial charge < -0.3 is 20.4 Å². The molecule has 2 N–H and O–H groups in total. The van der Waals surface area contributed by atoms with Gasteiger partial charge in [-0.25, -0.2) is 9.59 Å². The van der Waals surface area contributed by atoms with Gasteiger partial charge in [-0.3, -0.25) is 0 Å². The summed E-state index contributed by atoms with van der Waals surface area (Å²) in [5.41, 5.74) is 1.32. The van der Waals surface area contributed by atoms with Gasteiger partial charge in [-0.05, 0) is 43.1 Å². The molecule has 0 bridgehead atoms. The number of amides is 4. The van der Waals surface area contributed by atoms with Crippen molar-refractivity contribution in [3.63, 3.8) is 0 Å². The van der Waals surface area contributed by atoms with Crippen LogP contribution in [0.15, 0.2) is 30.3 Å². The van der Waals surface area contributed by atoms with Gasteiger partial charge in [0, 0.05) is 38.8 Å². The quantitative estimate of drug-likeness (QED) is 0.789. The number of piperidine rings is 1. The van der Waals surface area contributed by atoms with Gasteiger partial charge in [-0.15, -0.1) is 0 Å². The van der Waals surface area contributed by atoms with Crippen LogP contribution in [0, 0.1) is 11.8 Å². The second kappa shape index (κ2) is 9.80. The van der Waals surface area contributed by atoms with E-state index in [9.17, 15) is 9.59 Å². The lowest BCUT2D eigenvalue weighted by Crippen LogP contribution is -2.55. The zero-order valence-corrected chi connectivity index (χ0v) is 17.2. The van der Waals surface area contributed by atoms with Gasteiger partial charge in [-0.2, -0.15) is 0 Å². The van der Waals surface area contributed by atoms with Crippen molar-refractivity contribution in [1.29, 1.82) is 0 Å². The largest absolute Gasteiger partial charge is 0.338 e. The number of nitrogens with one attached hydrogen (secondary N) is 2. The van der Waals surface area contributed by atoms with Crippen molar-refractivity contribution >= 4 is 12.1 Å². The van der Waals surface area contributed by atoms with Crippen LogP contribution in [0.5, 0.6) is 0 Å². The number of hydrogen-bond acceptors (Lipinski definition) is 2. The molecular weight excluding hydrogens is 352 g/mol. The number of carbonyl (C=O) groups excluding carboxylic acids is 2. The zero-order valence-electron chi connectivity index (χ0n) is 17.2. The van der Waals surface area contributed by atoms with Crippen molar-refractivity contribution in [3.05, 3.63) is 35.9 Å². The summed E-state index contributed by atoms with van der Waals surface area (Å²) in [6.07, 6.45) is 3.70. The number of nitrogens with zero attached hydrogens (tertiary/aromatic N) is 2. The van der Waals surface area contributed by atoms with Crippen LogP contribution in [-0.2, 0) is 6.42 Å². The molecule has 6 heteroatoms. The maximum Gasteiger partial charge on any atom is 0.317 e. The predicted molar refractivity (Wildman–Crippen MR) is 111 cm³/mol. The van der Waals surface area contributed by atoms with Crippen LogP contribution in [-0.4, -0.2) is 60.6 Å². The smallest absolute Gasteiger partial charge is 0.317 e. The molecule has 1 aromatic carbocycles. The molecule has 0 spiro atoms. The number of hydrogen-bond donors (Lipinski definition) is 2. The molecule has 2 aliphatic rings. The second-order valence-electron chi connectivity index (χ2n) is 8.38. The average molecular weight is 387 g/mol. The molecule has 6 nitrogen and oxygen atoms in total. The van der Waals surface area contributed by atoms with Crippen LogP contribution >= 0.6 is 0 Å². The minimum Gasteiger partial charge on any atom is -0.338 e. The van der Waals surface area contributed by atoms with Crippen LogP contribution in [0.2, 0.25) is 0 Å². The maximum atomic E-state index is 12.6. The van der Waals surface area contributed by atoms with E-state index in [1.54, 1.807) is 0 Å². The van der Waals surface area contributed by atoms with E-state index in [1.165, 1.54) is 5.56 Å². The predicted octanol–water partition coefficient (Wildman–Crippen LogP) is 3.09. The number of likely N-dealkylation sites (tertiary alicyclic amines) is 1. The lowest BCUT2D eigenvalue weighted by molar-refractivity contribution is 0.118. The Hall–Kier alpha value is -2.24. The third-order valence-electron chi connectivity index (χ3n) is 6.10. The SMILES string of the molecule is CC(C)C(CNC(=O)N1CCC(N2CCCNC2=O)CC1)Cc1ccccc1. The standard InChI is InChI=1S/C22H34N4O2/c1-17(2)19(15-18-7-4-3-5-8-18)16-24-21(27)25-13-9-20(10-14-25)26-12-6-11-23-22(26)28/h3-5,7-8,17,19-20H,6,9-16H2,1-2H3,(H,23,28)(H,24,27). The highest BCUT2D eigenvalue weighted by Gasteiger charge is 2.31. The van der Waals surface area contributed by atoms with E-state index in [0.29, 0.717) is 31.5 Å². The summed E-state index contributed by atoms with van der Waals surface area (Å²) < 4.78 is 0. The molecule has 1 unspecified atom stereocenters. The fraction of sp³-hybridized carbons (Fsp3) is 0.636. The Balaban J connectivity index is 1.45. The summed E-state index contributed by atoms with van der Waals surface area (Å²) in [6.45, 7) is 8.16. The first kappa shape index (κ1) is 20.5.